The molecule has 0 saturated carbocycles. The van der Waals surface area contributed by atoms with Gasteiger partial charge in [-0.1, -0.05) is 19.1 Å². The Morgan fingerprint density at radius 2 is 2.03 bits per heavy atom. The number of hydrogen-bond donors (Lipinski definition) is 4. The molecule has 2 fully saturated rings. The molecule has 0 bridgehead atoms. The van der Waals surface area contributed by atoms with E-state index >= 15 is 0 Å². The van der Waals surface area contributed by atoms with E-state index in [9.17, 15) is 29.7 Å². The van der Waals surface area contributed by atoms with Crippen LogP contribution in [0.1, 0.15) is 29.8 Å². The van der Waals surface area contributed by atoms with Crippen molar-refractivity contribution in [1.82, 2.24) is 15.1 Å². The first-order valence-corrected chi connectivity index (χ1v) is 11.5. The van der Waals surface area contributed by atoms with Gasteiger partial charge < -0.3 is 25.5 Å². The van der Waals surface area contributed by atoms with Gasteiger partial charge in [0.05, 0.1) is 23.6 Å². The molecule has 0 spiro atoms. The van der Waals surface area contributed by atoms with Gasteiger partial charge in [-0.15, -0.1) is 11.8 Å². The molecule has 1 aromatic rings. The van der Waals surface area contributed by atoms with E-state index in [-0.39, 0.29) is 34.4 Å². The molecule has 3 aliphatic rings. The van der Waals surface area contributed by atoms with Crippen molar-refractivity contribution in [2.24, 2.45) is 11.8 Å². The minimum Gasteiger partial charge on any atom is -0.478 e. The van der Waals surface area contributed by atoms with Crippen molar-refractivity contribution < 1.29 is 29.7 Å². The van der Waals surface area contributed by atoms with Crippen molar-refractivity contribution in [3.8, 4) is 0 Å². The average molecular weight is 462 g/mol. The predicted octanol–water partition coefficient (Wildman–Crippen LogP) is 1.00. The van der Waals surface area contributed by atoms with Crippen LogP contribution >= 0.6 is 11.8 Å². The molecular weight excluding hydrogens is 434 g/mol. The highest BCUT2D eigenvalue weighted by atomic mass is 32.2. The Kier molecular flexibility index (Phi) is 6.30. The summed E-state index contributed by atoms with van der Waals surface area (Å²) < 4.78 is 0. The largest absolute Gasteiger partial charge is 0.478 e. The number of amides is 1. The van der Waals surface area contributed by atoms with Crippen LogP contribution in [0.2, 0.25) is 0 Å². The number of carboxylic acids is 2. The Hall–Kier alpha value is -2.40. The highest BCUT2D eigenvalue weighted by Crippen LogP contribution is 2.51. The molecular formula is C22H27N3O6S. The van der Waals surface area contributed by atoms with Gasteiger partial charge in [-0.05, 0) is 24.6 Å². The number of thioether (sulfide) groups is 1. The zero-order valence-electron chi connectivity index (χ0n) is 17.9. The summed E-state index contributed by atoms with van der Waals surface area (Å²) >= 11 is 1.48. The lowest BCUT2D eigenvalue weighted by Gasteiger charge is -2.46. The molecule has 4 N–H and O–H groups in total. The average Bonchev–Trinajstić information content (AvgIpc) is 2.97. The normalized spacial score (nSPS) is 29.0. The molecule has 1 amide bonds. The number of benzene rings is 1. The van der Waals surface area contributed by atoms with Crippen molar-refractivity contribution in [2.45, 2.75) is 37.8 Å². The van der Waals surface area contributed by atoms with Crippen LogP contribution in [0.5, 0.6) is 0 Å². The fourth-order valence-electron chi connectivity index (χ4n) is 4.92. The monoisotopic (exact) mass is 461 g/mol. The quantitative estimate of drug-likeness (QED) is 0.439. The number of aliphatic carboxylic acids is 1. The third kappa shape index (κ3) is 4.03. The van der Waals surface area contributed by atoms with Crippen molar-refractivity contribution in [2.75, 3.05) is 19.8 Å². The number of carbonyl (C=O) groups excluding carboxylic acids is 1. The summed E-state index contributed by atoms with van der Waals surface area (Å²) in [5, 5.41) is 32.4. The van der Waals surface area contributed by atoms with Crippen LogP contribution in [-0.4, -0.2) is 80.1 Å². The van der Waals surface area contributed by atoms with Crippen molar-refractivity contribution in [3.63, 3.8) is 0 Å². The van der Waals surface area contributed by atoms with Gasteiger partial charge in [-0.25, -0.2) is 9.59 Å². The number of fused-ring (bicyclic) bond motifs is 1. The Labute approximate surface area is 190 Å². The molecule has 5 atom stereocenters. The second-order valence-corrected chi connectivity index (χ2v) is 9.98. The third-order valence-corrected chi connectivity index (χ3v) is 7.82. The second-order valence-electron chi connectivity index (χ2n) is 8.64. The van der Waals surface area contributed by atoms with E-state index in [1.165, 1.54) is 16.7 Å². The molecule has 32 heavy (non-hydrogen) atoms. The first kappa shape index (κ1) is 22.8. The van der Waals surface area contributed by atoms with Crippen LogP contribution < -0.4 is 5.32 Å². The number of β-lactam (4-membered cyclic amide) rings is 1. The van der Waals surface area contributed by atoms with Crippen LogP contribution in [0.4, 0.5) is 0 Å². The molecule has 2 saturated heterocycles. The number of nitrogens with one attached hydrogen (secondary N) is 1. The summed E-state index contributed by atoms with van der Waals surface area (Å²) in [5.74, 6) is -3.14. The van der Waals surface area contributed by atoms with E-state index < -0.39 is 24.0 Å². The molecule has 10 heteroatoms. The van der Waals surface area contributed by atoms with Gasteiger partial charge in [-0.2, -0.15) is 0 Å². The number of aromatic carboxylic acids is 1. The van der Waals surface area contributed by atoms with Gasteiger partial charge >= 0.3 is 11.9 Å². The summed E-state index contributed by atoms with van der Waals surface area (Å²) in [6, 6.07) is 6.52. The standard InChI is InChI=1S/C22H27N3O6S/c1-11-17-16(12(2)26)20(27)25(17)18(22(30)31)19(11)32-15-7-23-10-24(9-15)8-13-4-3-5-14(6-13)21(28)29/h3-6,11-12,15-17,23,26H,7-10H2,1-2H3,(H,28,29)(H,30,31)/t11-,12-,15?,16-,17?/m1/s1. The van der Waals surface area contributed by atoms with Gasteiger partial charge in [0.2, 0.25) is 5.91 Å². The fourth-order valence-corrected chi connectivity index (χ4v) is 6.42. The van der Waals surface area contributed by atoms with Gasteiger partial charge in [0.1, 0.15) is 5.70 Å². The minimum absolute atomic E-state index is 0.0423. The molecule has 0 aliphatic carbocycles. The van der Waals surface area contributed by atoms with E-state index in [4.69, 9.17) is 0 Å². The zero-order chi connectivity index (χ0) is 23.2. The fraction of sp³-hybridized carbons (Fsp3) is 0.500. The molecule has 4 rings (SSSR count). The summed E-state index contributed by atoms with van der Waals surface area (Å²) in [7, 11) is 0. The van der Waals surface area contributed by atoms with E-state index in [2.05, 4.69) is 10.2 Å². The maximum absolute atomic E-state index is 12.5. The molecule has 3 heterocycles. The molecule has 2 unspecified atom stereocenters. The number of aliphatic hydroxyl groups excluding tert-OH is 1. The first-order valence-electron chi connectivity index (χ1n) is 10.6. The summed E-state index contributed by atoms with van der Waals surface area (Å²) in [4.78, 5) is 39.9. The first-order chi connectivity index (χ1) is 15.2. The Morgan fingerprint density at radius 1 is 1.28 bits per heavy atom. The number of carbonyl (C=O) groups is 3. The van der Waals surface area contributed by atoms with Gasteiger partial charge in [0.15, 0.2) is 0 Å². The number of aliphatic hydroxyl groups is 1. The zero-order valence-corrected chi connectivity index (χ0v) is 18.7. The SMILES string of the molecule is C[C@H]1C(SC2CNCN(Cc3cccc(C(=O)O)c3)C2)=C(C(=O)O)N2C(=O)[C@H]([C@@H](C)O)C12. The second kappa shape index (κ2) is 8.86. The van der Waals surface area contributed by atoms with Crippen LogP contribution in [0.25, 0.3) is 0 Å². The Morgan fingerprint density at radius 3 is 2.69 bits per heavy atom. The van der Waals surface area contributed by atoms with Gasteiger partial charge in [-0.3, -0.25) is 9.69 Å². The van der Waals surface area contributed by atoms with Crippen LogP contribution in [0.3, 0.4) is 0 Å². The minimum atomic E-state index is -1.12. The summed E-state index contributed by atoms with van der Waals surface area (Å²) in [6.07, 6.45) is -0.820. The smallest absolute Gasteiger partial charge is 0.353 e. The maximum Gasteiger partial charge on any atom is 0.353 e. The highest BCUT2D eigenvalue weighted by molar-refractivity contribution is 8.03. The van der Waals surface area contributed by atoms with Crippen LogP contribution in [0.15, 0.2) is 34.9 Å². The molecule has 0 aromatic heterocycles. The number of nitrogens with zero attached hydrogens (tertiary/aromatic N) is 2. The predicted molar refractivity (Wildman–Crippen MR) is 118 cm³/mol. The maximum atomic E-state index is 12.5. The Balaban J connectivity index is 1.48. The molecule has 0 radical (unpaired) electrons. The highest BCUT2D eigenvalue weighted by Gasteiger charge is 2.60. The lowest BCUT2D eigenvalue weighted by molar-refractivity contribution is -0.163. The van der Waals surface area contributed by atoms with Crippen molar-refractivity contribution >= 4 is 29.6 Å². The van der Waals surface area contributed by atoms with E-state index in [1.807, 2.05) is 13.0 Å². The lowest BCUT2D eigenvalue weighted by atomic mass is 9.79. The lowest BCUT2D eigenvalue weighted by Crippen LogP contribution is -2.63. The molecule has 9 nitrogen and oxygen atoms in total. The van der Waals surface area contributed by atoms with Gasteiger partial charge in [0.25, 0.3) is 0 Å². The van der Waals surface area contributed by atoms with Crippen molar-refractivity contribution in [1.29, 1.82) is 0 Å². The van der Waals surface area contributed by atoms with Crippen molar-refractivity contribution in [3.05, 3.63) is 46.0 Å². The van der Waals surface area contributed by atoms with Crippen LogP contribution in [-0.2, 0) is 16.1 Å². The van der Waals surface area contributed by atoms with E-state index in [0.29, 0.717) is 31.2 Å². The number of hydrogen-bond acceptors (Lipinski definition) is 7. The van der Waals surface area contributed by atoms with E-state index in [0.717, 1.165) is 5.56 Å². The molecule has 1 aromatic carbocycles. The Bertz CT molecular complexity index is 980. The third-order valence-electron chi connectivity index (χ3n) is 6.35. The summed E-state index contributed by atoms with van der Waals surface area (Å²) in [6.45, 7) is 6.09. The number of rotatable bonds is 7. The summed E-state index contributed by atoms with van der Waals surface area (Å²) in [5.41, 5.74) is 1.18. The molecule has 3 aliphatic heterocycles. The van der Waals surface area contributed by atoms with E-state index in [1.54, 1.807) is 25.1 Å². The van der Waals surface area contributed by atoms with Crippen LogP contribution in [0, 0.1) is 11.8 Å². The topological polar surface area (TPSA) is 130 Å². The van der Waals surface area contributed by atoms with Gasteiger partial charge in [0, 0.05) is 42.4 Å². The number of carboxylic acid groups (broad SMARTS) is 2. The molecule has 172 valence electrons.